The van der Waals surface area contributed by atoms with E-state index < -0.39 is 0 Å². The summed E-state index contributed by atoms with van der Waals surface area (Å²) in [5, 5.41) is 4.47. The van der Waals surface area contributed by atoms with Gasteiger partial charge in [0.2, 0.25) is 0 Å². The number of thiophene rings is 1. The smallest absolute Gasteiger partial charge is 0.178 e. The summed E-state index contributed by atoms with van der Waals surface area (Å²) < 4.78 is 0. The monoisotopic (exact) mass is 245 g/mol. The van der Waals surface area contributed by atoms with Gasteiger partial charge in [-0.25, -0.2) is 0 Å². The van der Waals surface area contributed by atoms with Gasteiger partial charge in [-0.3, -0.25) is 4.79 Å². The van der Waals surface area contributed by atoms with E-state index in [4.69, 9.17) is 0 Å². The van der Waals surface area contributed by atoms with Gasteiger partial charge < -0.3 is 4.90 Å². The van der Waals surface area contributed by atoms with Crippen molar-refractivity contribution in [3.63, 3.8) is 0 Å². The third-order valence-electron chi connectivity index (χ3n) is 3.68. The van der Waals surface area contributed by atoms with Crippen LogP contribution in [-0.2, 0) is 16.8 Å². The minimum Gasteiger partial charge on any atom is -0.302 e. The van der Waals surface area contributed by atoms with Crippen molar-refractivity contribution in [2.75, 3.05) is 13.6 Å². The molecule has 1 aromatic rings. The Morgan fingerprint density at radius 3 is 2.82 bits per heavy atom. The van der Waals surface area contributed by atoms with Crippen LogP contribution in [0.3, 0.4) is 0 Å². The molecule has 0 aromatic carbocycles. The Balaban J connectivity index is 2.10. The molecule has 0 bridgehead atoms. The number of ketones is 1. The number of hydrogen-bond donors (Lipinski definition) is 0. The summed E-state index contributed by atoms with van der Waals surface area (Å²) >= 11 is 1.76. The molecule has 3 rings (SSSR count). The van der Waals surface area contributed by atoms with E-state index in [2.05, 4.69) is 34.9 Å². The van der Waals surface area contributed by atoms with Gasteiger partial charge in [0.15, 0.2) is 5.78 Å². The van der Waals surface area contributed by atoms with Gasteiger partial charge in [0.25, 0.3) is 0 Å². The van der Waals surface area contributed by atoms with Crippen LogP contribution in [0.1, 0.15) is 17.5 Å². The van der Waals surface area contributed by atoms with Gasteiger partial charge in [-0.1, -0.05) is 12.2 Å². The zero-order valence-corrected chi connectivity index (χ0v) is 10.7. The molecule has 3 heteroatoms. The first-order valence-corrected chi connectivity index (χ1v) is 6.80. The SMILES string of the molecule is CN1CCC2(C=CC(=O)C=C2)c2cscc2C1. The second kappa shape index (κ2) is 3.93. The Morgan fingerprint density at radius 1 is 1.29 bits per heavy atom. The third-order valence-corrected chi connectivity index (χ3v) is 4.47. The lowest BCUT2D eigenvalue weighted by Gasteiger charge is -2.28. The van der Waals surface area contributed by atoms with Crippen molar-refractivity contribution in [2.45, 2.75) is 18.4 Å². The summed E-state index contributed by atoms with van der Waals surface area (Å²) in [6.45, 7) is 2.07. The zero-order valence-electron chi connectivity index (χ0n) is 9.85. The van der Waals surface area contributed by atoms with Gasteiger partial charge in [-0.15, -0.1) is 0 Å². The number of carbonyl (C=O) groups is 1. The first-order chi connectivity index (χ1) is 8.20. The number of allylic oxidation sites excluding steroid dienone is 4. The first kappa shape index (κ1) is 10.9. The molecular weight excluding hydrogens is 230 g/mol. The number of hydrogen-bond acceptors (Lipinski definition) is 3. The summed E-state index contributed by atoms with van der Waals surface area (Å²) in [6.07, 6.45) is 8.65. The molecule has 88 valence electrons. The van der Waals surface area contributed by atoms with E-state index in [0.717, 1.165) is 19.5 Å². The molecule has 0 radical (unpaired) electrons. The molecule has 0 N–H and O–H groups in total. The van der Waals surface area contributed by atoms with Gasteiger partial charge >= 0.3 is 0 Å². The van der Waals surface area contributed by atoms with E-state index in [-0.39, 0.29) is 11.2 Å². The number of carbonyl (C=O) groups excluding carboxylic acids is 1. The van der Waals surface area contributed by atoms with Gasteiger partial charge in [-0.05, 0) is 54.1 Å². The van der Waals surface area contributed by atoms with Crippen LogP contribution in [0.2, 0.25) is 0 Å². The van der Waals surface area contributed by atoms with Crippen molar-refractivity contribution in [2.24, 2.45) is 0 Å². The van der Waals surface area contributed by atoms with Crippen molar-refractivity contribution in [1.82, 2.24) is 4.90 Å². The highest BCUT2D eigenvalue weighted by molar-refractivity contribution is 7.08. The molecule has 2 aliphatic rings. The maximum atomic E-state index is 11.3. The predicted molar refractivity (Wildman–Crippen MR) is 70.2 cm³/mol. The molecule has 1 aliphatic heterocycles. The lowest BCUT2D eigenvalue weighted by atomic mass is 9.75. The van der Waals surface area contributed by atoms with Crippen molar-refractivity contribution < 1.29 is 4.79 Å². The van der Waals surface area contributed by atoms with Crippen LogP contribution in [-0.4, -0.2) is 24.3 Å². The Morgan fingerprint density at radius 2 is 2.06 bits per heavy atom. The molecule has 0 unspecified atom stereocenters. The second-order valence-corrected chi connectivity index (χ2v) is 5.65. The third kappa shape index (κ3) is 1.79. The van der Waals surface area contributed by atoms with Crippen LogP contribution in [0.5, 0.6) is 0 Å². The fraction of sp³-hybridized carbons (Fsp3) is 0.357. The van der Waals surface area contributed by atoms with E-state index in [1.807, 2.05) is 0 Å². The maximum absolute atomic E-state index is 11.3. The standard InChI is InChI=1S/C14H15NOS/c1-15-7-6-14(4-2-12(16)3-5-14)13-10-17-9-11(13)8-15/h2-5,9-10H,6-8H2,1H3. The molecule has 0 atom stereocenters. The molecule has 1 aromatic heterocycles. The minimum absolute atomic E-state index is 0.0476. The van der Waals surface area contributed by atoms with Crippen LogP contribution < -0.4 is 0 Å². The van der Waals surface area contributed by atoms with Gasteiger partial charge in [0, 0.05) is 12.0 Å². The van der Waals surface area contributed by atoms with E-state index in [9.17, 15) is 4.79 Å². The highest BCUT2D eigenvalue weighted by atomic mass is 32.1. The van der Waals surface area contributed by atoms with Crippen LogP contribution in [0.4, 0.5) is 0 Å². The lowest BCUT2D eigenvalue weighted by Crippen LogP contribution is -2.26. The van der Waals surface area contributed by atoms with Crippen molar-refractivity contribution in [3.8, 4) is 0 Å². The average molecular weight is 245 g/mol. The van der Waals surface area contributed by atoms with Crippen LogP contribution in [0, 0.1) is 0 Å². The second-order valence-electron chi connectivity index (χ2n) is 4.91. The summed E-state index contributed by atoms with van der Waals surface area (Å²) in [5.74, 6) is 0.102. The quantitative estimate of drug-likeness (QED) is 0.700. The minimum atomic E-state index is -0.0476. The largest absolute Gasteiger partial charge is 0.302 e. The molecule has 0 amide bonds. The van der Waals surface area contributed by atoms with E-state index >= 15 is 0 Å². The summed E-state index contributed by atoms with van der Waals surface area (Å²) in [7, 11) is 2.15. The molecule has 17 heavy (non-hydrogen) atoms. The average Bonchev–Trinajstić information content (AvgIpc) is 2.73. The first-order valence-electron chi connectivity index (χ1n) is 5.86. The van der Waals surface area contributed by atoms with Crippen LogP contribution in [0.15, 0.2) is 35.1 Å². The normalized spacial score (nSPS) is 22.8. The molecule has 0 saturated heterocycles. The topological polar surface area (TPSA) is 20.3 Å². The van der Waals surface area contributed by atoms with Crippen molar-refractivity contribution >= 4 is 17.1 Å². The fourth-order valence-electron chi connectivity index (χ4n) is 2.65. The molecule has 1 aliphatic carbocycles. The number of rotatable bonds is 0. The summed E-state index contributed by atoms with van der Waals surface area (Å²) in [6, 6.07) is 0. The molecular formula is C14H15NOS. The Kier molecular flexibility index (Phi) is 2.53. The molecule has 2 heterocycles. The van der Waals surface area contributed by atoms with Crippen LogP contribution in [0.25, 0.3) is 0 Å². The fourth-order valence-corrected chi connectivity index (χ4v) is 3.59. The molecule has 0 saturated carbocycles. The summed E-state index contributed by atoms with van der Waals surface area (Å²) in [5.41, 5.74) is 2.74. The molecule has 0 fully saturated rings. The van der Waals surface area contributed by atoms with Crippen molar-refractivity contribution in [1.29, 1.82) is 0 Å². The number of nitrogens with zero attached hydrogens (tertiary/aromatic N) is 1. The molecule has 1 spiro atoms. The van der Waals surface area contributed by atoms with E-state index in [1.54, 1.807) is 23.5 Å². The van der Waals surface area contributed by atoms with Crippen molar-refractivity contribution in [3.05, 3.63) is 46.2 Å². The van der Waals surface area contributed by atoms with Crippen LogP contribution >= 0.6 is 11.3 Å². The van der Waals surface area contributed by atoms with Gasteiger partial charge in [-0.2, -0.15) is 11.3 Å². The molecule has 2 nitrogen and oxygen atoms in total. The number of fused-ring (bicyclic) bond motifs is 2. The summed E-state index contributed by atoms with van der Waals surface area (Å²) in [4.78, 5) is 13.7. The Hall–Kier alpha value is -1.19. The Labute approximate surface area is 105 Å². The maximum Gasteiger partial charge on any atom is 0.178 e. The van der Waals surface area contributed by atoms with E-state index in [0.29, 0.717) is 0 Å². The highest BCUT2D eigenvalue weighted by Crippen LogP contribution is 2.39. The lowest BCUT2D eigenvalue weighted by molar-refractivity contribution is -0.110. The van der Waals surface area contributed by atoms with E-state index in [1.165, 1.54) is 11.1 Å². The predicted octanol–water partition coefficient (Wildman–Crippen LogP) is 2.52. The van der Waals surface area contributed by atoms with Gasteiger partial charge in [0.05, 0.1) is 0 Å². The zero-order chi connectivity index (χ0) is 11.9. The Bertz CT molecular complexity index is 496. The highest BCUT2D eigenvalue weighted by Gasteiger charge is 2.34. The van der Waals surface area contributed by atoms with Gasteiger partial charge in [0.1, 0.15) is 0 Å².